The topological polar surface area (TPSA) is 59.5 Å². The Balaban J connectivity index is 2.81. The van der Waals surface area contributed by atoms with Gasteiger partial charge < -0.3 is 15.1 Å². The van der Waals surface area contributed by atoms with Gasteiger partial charge >= 0.3 is 0 Å². The van der Waals surface area contributed by atoms with E-state index in [1.54, 1.807) is 17.2 Å². The summed E-state index contributed by atoms with van der Waals surface area (Å²) in [5.41, 5.74) is 6.17. The number of furan rings is 1. The Hall–Kier alpha value is -1.29. The molecule has 4 heteroatoms. The molecule has 0 atom stereocenters. The van der Waals surface area contributed by atoms with Gasteiger partial charge in [0.15, 0.2) is 0 Å². The fourth-order valence-corrected chi connectivity index (χ4v) is 1.72. The number of carbonyl (C=O) groups is 1. The first-order valence-corrected chi connectivity index (χ1v) is 5.80. The molecule has 90 valence electrons. The van der Waals surface area contributed by atoms with E-state index >= 15 is 0 Å². The van der Waals surface area contributed by atoms with E-state index < -0.39 is 0 Å². The monoisotopic (exact) mass is 224 g/mol. The lowest BCUT2D eigenvalue weighted by molar-refractivity contribution is 0.0758. The van der Waals surface area contributed by atoms with Crippen LogP contribution in [0.3, 0.4) is 0 Å². The maximum atomic E-state index is 12.2. The van der Waals surface area contributed by atoms with E-state index in [-0.39, 0.29) is 5.91 Å². The third-order valence-electron chi connectivity index (χ3n) is 2.48. The number of aryl methyl sites for hydroxylation is 1. The molecule has 0 aliphatic rings. The van der Waals surface area contributed by atoms with E-state index in [2.05, 4.69) is 0 Å². The highest BCUT2D eigenvalue weighted by atomic mass is 16.3. The molecule has 0 saturated heterocycles. The second-order valence-corrected chi connectivity index (χ2v) is 3.69. The molecule has 1 aromatic rings. The normalized spacial score (nSPS) is 10.4. The molecule has 0 fully saturated rings. The van der Waals surface area contributed by atoms with Gasteiger partial charge in [0, 0.05) is 26.1 Å². The number of hydrogen-bond acceptors (Lipinski definition) is 3. The van der Waals surface area contributed by atoms with E-state index in [9.17, 15) is 4.79 Å². The summed E-state index contributed by atoms with van der Waals surface area (Å²) in [6.45, 7) is 5.85. The average Bonchev–Trinajstić information content (AvgIpc) is 2.75. The molecule has 1 amide bonds. The summed E-state index contributed by atoms with van der Waals surface area (Å²) in [6.07, 6.45) is 3.24. The quantitative estimate of drug-likeness (QED) is 0.799. The Morgan fingerprint density at radius 1 is 1.44 bits per heavy atom. The smallest absolute Gasteiger partial charge is 0.257 e. The van der Waals surface area contributed by atoms with E-state index in [0.717, 1.165) is 25.1 Å². The maximum Gasteiger partial charge on any atom is 0.257 e. The van der Waals surface area contributed by atoms with Gasteiger partial charge in [0.1, 0.15) is 5.76 Å². The van der Waals surface area contributed by atoms with E-state index in [1.807, 2.05) is 13.8 Å². The van der Waals surface area contributed by atoms with Crippen LogP contribution in [-0.4, -0.2) is 30.4 Å². The second kappa shape index (κ2) is 6.33. The molecule has 0 aliphatic heterocycles. The van der Waals surface area contributed by atoms with Crippen LogP contribution in [-0.2, 0) is 6.42 Å². The molecule has 1 rings (SSSR count). The number of nitrogens with zero attached hydrogens (tertiary/aromatic N) is 1. The van der Waals surface area contributed by atoms with E-state index in [4.69, 9.17) is 10.2 Å². The predicted molar refractivity (Wildman–Crippen MR) is 63.3 cm³/mol. The molecule has 1 heterocycles. The minimum absolute atomic E-state index is 0.0258. The zero-order valence-electron chi connectivity index (χ0n) is 10.0. The van der Waals surface area contributed by atoms with Crippen LogP contribution in [0.4, 0.5) is 0 Å². The van der Waals surface area contributed by atoms with Gasteiger partial charge in [-0.25, -0.2) is 0 Å². The Kier molecular flexibility index (Phi) is 5.05. The van der Waals surface area contributed by atoms with Crippen molar-refractivity contribution in [3.8, 4) is 0 Å². The summed E-state index contributed by atoms with van der Waals surface area (Å²) in [5, 5.41) is 0. The van der Waals surface area contributed by atoms with Crippen molar-refractivity contribution in [3.63, 3.8) is 0 Å². The van der Waals surface area contributed by atoms with E-state index in [0.29, 0.717) is 18.7 Å². The van der Waals surface area contributed by atoms with Crippen LogP contribution in [0.1, 0.15) is 36.4 Å². The molecule has 0 bridgehead atoms. The summed E-state index contributed by atoms with van der Waals surface area (Å²) < 4.78 is 5.26. The number of hydrogen-bond donors (Lipinski definition) is 1. The summed E-state index contributed by atoms with van der Waals surface area (Å²) in [5.74, 6) is 0.779. The van der Waals surface area contributed by atoms with Crippen molar-refractivity contribution in [1.82, 2.24) is 4.90 Å². The molecule has 0 aliphatic carbocycles. The highest BCUT2D eigenvalue weighted by Gasteiger charge is 2.18. The minimum Gasteiger partial charge on any atom is -0.469 e. The molecule has 0 radical (unpaired) electrons. The number of amides is 1. The van der Waals surface area contributed by atoms with Crippen molar-refractivity contribution < 1.29 is 9.21 Å². The highest BCUT2D eigenvalue weighted by Crippen LogP contribution is 2.14. The SMILES string of the molecule is CCCN(CCN)C(=O)c1ccoc1CC. The second-order valence-electron chi connectivity index (χ2n) is 3.69. The van der Waals surface area contributed by atoms with Crippen LogP contribution >= 0.6 is 0 Å². The first kappa shape index (κ1) is 12.8. The van der Waals surface area contributed by atoms with Gasteiger partial charge in [-0.05, 0) is 12.5 Å². The number of nitrogens with two attached hydrogens (primary N) is 1. The molecule has 0 unspecified atom stereocenters. The summed E-state index contributed by atoms with van der Waals surface area (Å²) in [6, 6.07) is 1.74. The van der Waals surface area contributed by atoms with Gasteiger partial charge in [0.05, 0.1) is 11.8 Å². The zero-order valence-corrected chi connectivity index (χ0v) is 10.0. The zero-order chi connectivity index (χ0) is 12.0. The van der Waals surface area contributed by atoms with Crippen molar-refractivity contribution in [2.75, 3.05) is 19.6 Å². The highest BCUT2D eigenvalue weighted by molar-refractivity contribution is 5.95. The third kappa shape index (κ3) is 2.85. The van der Waals surface area contributed by atoms with Gasteiger partial charge in [-0.1, -0.05) is 13.8 Å². The minimum atomic E-state index is 0.0258. The fraction of sp³-hybridized carbons (Fsp3) is 0.583. The van der Waals surface area contributed by atoms with Crippen molar-refractivity contribution in [2.24, 2.45) is 5.73 Å². The van der Waals surface area contributed by atoms with Crippen molar-refractivity contribution in [3.05, 3.63) is 23.7 Å². The largest absolute Gasteiger partial charge is 0.469 e. The van der Waals surface area contributed by atoms with Crippen molar-refractivity contribution in [1.29, 1.82) is 0 Å². The Morgan fingerprint density at radius 3 is 2.75 bits per heavy atom. The molecule has 1 aromatic heterocycles. The van der Waals surface area contributed by atoms with Gasteiger partial charge in [0.2, 0.25) is 0 Å². The van der Waals surface area contributed by atoms with Gasteiger partial charge in [0.25, 0.3) is 5.91 Å². The third-order valence-corrected chi connectivity index (χ3v) is 2.48. The van der Waals surface area contributed by atoms with Crippen LogP contribution in [0.2, 0.25) is 0 Å². The van der Waals surface area contributed by atoms with Gasteiger partial charge in [-0.15, -0.1) is 0 Å². The van der Waals surface area contributed by atoms with Crippen molar-refractivity contribution in [2.45, 2.75) is 26.7 Å². The van der Waals surface area contributed by atoms with Crippen LogP contribution < -0.4 is 5.73 Å². The molecule has 4 nitrogen and oxygen atoms in total. The lowest BCUT2D eigenvalue weighted by Gasteiger charge is -2.21. The fourth-order valence-electron chi connectivity index (χ4n) is 1.72. The summed E-state index contributed by atoms with van der Waals surface area (Å²) >= 11 is 0. The average molecular weight is 224 g/mol. The number of rotatable bonds is 6. The molecule has 0 spiro atoms. The lowest BCUT2D eigenvalue weighted by atomic mass is 10.2. The van der Waals surface area contributed by atoms with Gasteiger partial charge in [-0.3, -0.25) is 4.79 Å². The molecule has 2 N–H and O–H groups in total. The number of carbonyl (C=O) groups excluding carboxylic acids is 1. The Labute approximate surface area is 96.4 Å². The van der Waals surface area contributed by atoms with Crippen molar-refractivity contribution >= 4 is 5.91 Å². The van der Waals surface area contributed by atoms with E-state index in [1.165, 1.54) is 0 Å². The maximum absolute atomic E-state index is 12.2. The molecular formula is C12H20N2O2. The first-order chi connectivity index (χ1) is 7.74. The predicted octanol–water partition coefficient (Wildman–Crippen LogP) is 1.65. The lowest BCUT2D eigenvalue weighted by Crippen LogP contribution is -2.36. The summed E-state index contributed by atoms with van der Waals surface area (Å²) in [7, 11) is 0. The molecular weight excluding hydrogens is 204 g/mol. The van der Waals surface area contributed by atoms with Crippen LogP contribution in [0.25, 0.3) is 0 Å². The Bertz CT molecular complexity index is 328. The van der Waals surface area contributed by atoms with Crippen LogP contribution in [0.5, 0.6) is 0 Å². The Morgan fingerprint density at radius 2 is 2.19 bits per heavy atom. The molecule has 0 saturated carbocycles. The standard InChI is InChI=1S/C12H20N2O2/c1-3-7-14(8-6-13)12(15)10-5-9-16-11(10)4-2/h5,9H,3-4,6-8,13H2,1-2H3. The van der Waals surface area contributed by atoms with Gasteiger partial charge in [-0.2, -0.15) is 0 Å². The molecule has 16 heavy (non-hydrogen) atoms. The molecule has 0 aromatic carbocycles. The summed E-state index contributed by atoms with van der Waals surface area (Å²) in [4.78, 5) is 14.0. The van der Waals surface area contributed by atoms with Crippen LogP contribution in [0.15, 0.2) is 16.7 Å². The first-order valence-electron chi connectivity index (χ1n) is 5.80. The van der Waals surface area contributed by atoms with Crippen LogP contribution in [0, 0.1) is 0 Å².